The Hall–Kier alpha value is -2.08. The fraction of sp³-hybridized carbons (Fsp3) is 0.467. The number of benzene rings is 1. The zero-order valence-electron chi connectivity index (χ0n) is 11.7. The number of fused-ring (bicyclic) bond motifs is 1. The predicted molar refractivity (Wildman–Crippen MR) is 81.8 cm³/mol. The Morgan fingerprint density at radius 2 is 1.81 bits per heavy atom. The molecule has 1 aromatic heterocycles. The van der Waals surface area contributed by atoms with Crippen LogP contribution in [0.3, 0.4) is 0 Å². The highest BCUT2D eigenvalue weighted by atomic mass is 16.2. The Labute approximate surface area is 121 Å². The van der Waals surface area contributed by atoms with E-state index in [1.807, 2.05) is 18.2 Å². The lowest BCUT2D eigenvalue weighted by Gasteiger charge is -2.16. The number of hydrogen-bond acceptors (Lipinski definition) is 4. The second kappa shape index (κ2) is 4.73. The number of anilines is 1. The van der Waals surface area contributed by atoms with Crippen LogP contribution >= 0.6 is 0 Å². The molecule has 21 heavy (non-hydrogen) atoms. The van der Waals surface area contributed by atoms with Crippen molar-refractivity contribution < 1.29 is 0 Å². The normalized spacial score (nSPS) is 22.8. The van der Waals surface area contributed by atoms with Gasteiger partial charge in [-0.05, 0) is 37.5 Å². The molecule has 2 heterocycles. The first-order valence-electron chi connectivity index (χ1n) is 7.46. The molecule has 1 aromatic carbocycles. The summed E-state index contributed by atoms with van der Waals surface area (Å²) in [5, 5.41) is 3.52. The fourth-order valence-electron chi connectivity index (χ4n) is 3.12. The van der Waals surface area contributed by atoms with Crippen molar-refractivity contribution in [2.24, 2.45) is 0 Å². The number of rotatable bonds is 3. The molecule has 1 aliphatic carbocycles. The Morgan fingerprint density at radius 3 is 2.57 bits per heavy atom. The molecule has 110 valence electrons. The lowest BCUT2D eigenvalue weighted by atomic mass is 10.2. The molecule has 2 aromatic rings. The molecule has 6 nitrogen and oxygen atoms in total. The predicted octanol–water partition coefficient (Wildman–Crippen LogP) is 0.865. The highest BCUT2D eigenvalue weighted by Gasteiger charge is 2.34. The molecule has 0 amide bonds. The summed E-state index contributed by atoms with van der Waals surface area (Å²) in [6, 6.07) is 6.92. The molecule has 2 fully saturated rings. The van der Waals surface area contributed by atoms with E-state index in [1.54, 1.807) is 0 Å². The molecule has 1 aliphatic heterocycles. The van der Waals surface area contributed by atoms with Gasteiger partial charge < -0.3 is 15.3 Å². The van der Waals surface area contributed by atoms with Crippen LogP contribution in [0.1, 0.15) is 19.3 Å². The van der Waals surface area contributed by atoms with Crippen LogP contribution in [0.15, 0.2) is 27.8 Å². The van der Waals surface area contributed by atoms with E-state index in [9.17, 15) is 9.59 Å². The Balaban J connectivity index is 1.55. The average Bonchev–Trinajstić information content (AvgIpc) is 3.21. The van der Waals surface area contributed by atoms with Crippen LogP contribution in [0.2, 0.25) is 0 Å². The molecule has 1 saturated carbocycles. The van der Waals surface area contributed by atoms with E-state index in [-0.39, 0.29) is 0 Å². The van der Waals surface area contributed by atoms with Gasteiger partial charge in [-0.25, -0.2) is 0 Å². The summed E-state index contributed by atoms with van der Waals surface area (Å²) in [5.74, 6) is 0. The molecule has 3 N–H and O–H groups in total. The van der Waals surface area contributed by atoms with Crippen molar-refractivity contribution in [1.29, 1.82) is 0 Å². The van der Waals surface area contributed by atoms with Crippen molar-refractivity contribution in [3.05, 3.63) is 38.9 Å². The molecule has 0 spiro atoms. The maximum absolute atomic E-state index is 11.4. The summed E-state index contributed by atoms with van der Waals surface area (Å²) in [4.78, 5) is 30.4. The maximum atomic E-state index is 11.4. The van der Waals surface area contributed by atoms with E-state index >= 15 is 0 Å². The molecular formula is C15H18N4O2. The summed E-state index contributed by atoms with van der Waals surface area (Å²) in [6.45, 7) is 2.25. The van der Waals surface area contributed by atoms with E-state index in [2.05, 4.69) is 20.2 Å². The zero-order valence-corrected chi connectivity index (χ0v) is 11.7. The zero-order chi connectivity index (χ0) is 14.4. The summed E-state index contributed by atoms with van der Waals surface area (Å²) in [5.41, 5.74) is 1.06. The number of aromatic amines is 2. The molecular weight excluding hydrogens is 268 g/mol. The van der Waals surface area contributed by atoms with Gasteiger partial charge in [0.1, 0.15) is 0 Å². The van der Waals surface area contributed by atoms with Crippen LogP contribution in [0.5, 0.6) is 0 Å². The van der Waals surface area contributed by atoms with Crippen molar-refractivity contribution in [3.63, 3.8) is 0 Å². The van der Waals surface area contributed by atoms with Gasteiger partial charge in [0.05, 0.1) is 11.0 Å². The minimum Gasteiger partial charge on any atom is -0.381 e. The van der Waals surface area contributed by atoms with Crippen LogP contribution in [-0.2, 0) is 0 Å². The molecule has 1 atom stereocenters. The van der Waals surface area contributed by atoms with Crippen LogP contribution in [0.25, 0.3) is 11.0 Å². The third kappa shape index (κ3) is 2.47. The van der Waals surface area contributed by atoms with E-state index in [1.165, 1.54) is 19.4 Å². The van der Waals surface area contributed by atoms with E-state index in [4.69, 9.17) is 0 Å². The number of aromatic nitrogens is 2. The topological polar surface area (TPSA) is 81.0 Å². The largest absolute Gasteiger partial charge is 0.381 e. The second-order valence-electron chi connectivity index (χ2n) is 6.02. The van der Waals surface area contributed by atoms with Crippen molar-refractivity contribution in [1.82, 2.24) is 14.9 Å². The van der Waals surface area contributed by atoms with Gasteiger partial charge in [-0.2, -0.15) is 0 Å². The van der Waals surface area contributed by atoms with Crippen LogP contribution in [0, 0.1) is 0 Å². The number of nitrogens with zero attached hydrogens (tertiary/aromatic N) is 1. The van der Waals surface area contributed by atoms with Gasteiger partial charge in [0.2, 0.25) is 0 Å². The minimum atomic E-state index is -0.612. The number of likely N-dealkylation sites (tertiary alicyclic amines) is 1. The third-order valence-electron chi connectivity index (χ3n) is 4.38. The van der Waals surface area contributed by atoms with Crippen molar-refractivity contribution >= 4 is 16.7 Å². The molecule has 4 rings (SSSR count). The molecule has 6 heteroatoms. The Kier molecular flexibility index (Phi) is 2.85. The SMILES string of the molecule is O=c1[nH]c2ccc(NC3CCN(C4CC4)C3)cc2[nH]c1=O. The van der Waals surface area contributed by atoms with Gasteiger partial charge in [0, 0.05) is 30.9 Å². The standard InChI is InChI=1S/C15H18N4O2/c20-14-15(21)18-13-7-9(1-4-12(13)17-14)16-10-5-6-19(8-10)11-2-3-11/h1,4,7,10-11,16H,2-3,5-6,8H2,(H,17,20)(H,18,21). The van der Waals surface area contributed by atoms with Gasteiger partial charge in [-0.1, -0.05) is 0 Å². The summed E-state index contributed by atoms with van der Waals surface area (Å²) >= 11 is 0. The highest BCUT2D eigenvalue weighted by molar-refractivity contribution is 5.78. The van der Waals surface area contributed by atoms with Crippen LogP contribution in [0.4, 0.5) is 5.69 Å². The van der Waals surface area contributed by atoms with E-state index in [0.29, 0.717) is 17.1 Å². The minimum absolute atomic E-state index is 0.456. The Morgan fingerprint density at radius 1 is 1.05 bits per heavy atom. The third-order valence-corrected chi connectivity index (χ3v) is 4.38. The van der Waals surface area contributed by atoms with Gasteiger partial charge in [0.15, 0.2) is 0 Å². The first-order valence-corrected chi connectivity index (χ1v) is 7.46. The molecule has 1 saturated heterocycles. The monoisotopic (exact) mass is 286 g/mol. The maximum Gasteiger partial charge on any atom is 0.314 e. The molecule has 0 bridgehead atoms. The van der Waals surface area contributed by atoms with E-state index in [0.717, 1.165) is 24.7 Å². The first-order chi connectivity index (χ1) is 10.2. The summed E-state index contributed by atoms with van der Waals surface area (Å²) < 4.78 is 0. The lowest BCUT2D eigenvalue weighted by Crippen LogP contribution is -2.29. The number of hydrogen-bond donors (Lipinski definition) is 3. The lowest BCUT2D eigenvalue weighted by molar-refractivity contribution is 0.326. The second-order valence-corrected chi connectivity index (χ2v) is 6.02. The van der Waals surface area contributed by atoms with Gasteiger partial charge in [-0.15, -0.1) is 0 Å². The number of nitrogens with one attached hydrogen (secondary N) is 3. The van der Waals surface area contributed by atoms with Crippen LogP contribution < -0.4 is 16.4 Å². The van der Waals surface area contributed by atoms with Gasteiger partial charge in [-0.3, -0.25) is 14.5 Å². The molecule has 1 unspecified atom stereocenters. The van der Waals surface area contributed by atoms with Crippen molar-refractivity contribution in [3.8, 4) is 0 Å². The molecule has 0 radical (unpaired) electrons. The van der Waals surface area contributed by atoms with Gasteiger partial charge >= 0.3 is 11.1 Å². The van der Waals surface area contributed by atoms with Crippen molar-refractivity contribution in [2.75, 3.05) is 18.4 Å². The number of H-pyrrole nitrogens is 2. The van der Waals surface area contributed by atoms with Gasteiger partial charge in [0.25, 0.3) is 0 Å². The van der Waals surface area contributed by atoms with Crippen LogP contribution in [-0.4, -0.2) is 40.0 Å². The first kappa shape index (κ1) is 12.6. The fourth-order valence-corrected chi connectivity index (χ4v) is 3.12. The quantitative estimate of drug-likeness (QED) is 0.731. The summed E-state index contributed by atoms with van der Waals surface area (Å²) in [6.07, 6.45) is 3.84. The average molecular weight is 286 g/mol. The Bertz CT molecular complexity index is 790. The van der Waals surface area contributed by atoms with Crippen molar-refractivity contribution in [2.45, 2.75) is 31.3 Å². The summed E-state index contributed by atoms with van der Waals surface area (Å²) in [7, 11) is 0. The smallest absolute Gasteiger partial charge is 0.314 e. The molecule has 2 aliphatic rings. The highest BCUT2D eigenvalue weighted by Crippen LogP contribution is 2.30. The van der Waals surface area contributed by atoms with E-state index < -0.39 is 11.1 Å².